The van der Waals surface area contributed by atoms with Crippen LogP contribution in [0.15, 0.2) is 97.1 Å². The zero-order valence-electron chi connectivity index (χ0n) is 19.9. The third-order valence-electron chi connectivity index (χ3n) is 5.05. The summed E-state index contributed by atoms with van der Waals surface area (Å²) in [6, 6.07) is 27.3. The van der Waals surface area contributed by atoms with Crippen molar-refractivity contribution in [1.29, 1.82) is 0 Å². The maximum Gasteiger partial charge on any atom is 0.336 e. The van der Waals surface area contributed by atoms with Crippen LogP contribution < -0.4 is 8.37 Å². The molecule has 4 rings (SSSR count). The minimum absolute atomic E-state index is 0.0250. The molecule has 0 radical (unpaired) electrons. The molecule has 11 heteroatoms. The second-order valence-electron chi connectivity index (χ2n) is 7.60. The molecule has 0 aromatic heterocycles. The molecule has 4 aromatic carbocycles. The van der Waals surface area contributed by atoms with Crippen LogP contribution in [-0.2, 0) is 0 Å². The molecule has 198 valence electrons. The Hall–Kier alpha value is -5.29. The molecule has 0 atom stereocenters. The summed E-state index contributed by atoms with van der Waals surface area (Å²) in [5, 5.41) is 35.9. The van der Waals surface area contributed by atoms with E-state index in [4.69, 9.17) is 28.8 Å². The lowest BCUT2D eigenvalue weighted by molar-refractivity contribution is 0.0651. The number of carboxylic acid groups (broad SMARTS) is 4. The van der Waals surface area contributed by atoms with Gasteiger partial charge in [0.15, 0.2) is 0 Å². The Morgan fingerprint density at radius 2 is 0.795 bits per heavy atom. The van der Waals surface area contributed by atoms with Gasteiger partial charge in [0.1, 0.15) is 11.5 Å². The van der Waals surface area contributed by atoms with E-state index in [1.807, 2.05) is 12.1 Å². The molecule has 0 heterocycles. The third kappa shape index (κ3) is 7.84. The standard InChI is InChI=1S/C16H10O10S.C12H10/c17-13(18)9-3-1-7(5-11(9)15(21)22)25-27-26-8-2-4-10(14(19)20)12(6-8)16(23)24;1-3-7-11(8-4-1)12-9-5-2-6-10-12/h1-6H,(H,17,18)(H,19,20)(H,21,22)(H,23,24);1-10H. The van der Waals surface area contributed by atoms with Crippen molar-refractivity contribution in [2.75, 3.05) is 0 Å². The summed E-state index contributed by atoms with van der Waals surface area (Å²) in [7, 11) is 0. The largest absolute Gasteiger partial charge is 0.478 e. The van der Waals surface area contributed by atoms with Gasteiger partial charge in [0.2, 0.25) is 0 Å². The van der Waals surface area contributed by atoms with Gasteiger partial charge in [-0.25, -0.2) is 19.2 Å². The molecule has 0 bridgehead atoms. The molecule has 0 saturated carbocycles. The second-order valence-corrected chi connectivity index (χ2v) is 8.07. The molecule has 0 spiro atoms. The van der Waals surface area contributed by atoms with E-state index in [1.54, 1.807) is 0 Å². The van der Waals surface area contributed by atoms with Gasteiger partial charge >= 0.3 is 23.9 Å². The highest BCUT2D eigenvalue weighted by Crippen LogP contribution is 2.26. The van der Waals surface area contributed by atoms with Gasteiger partial charge in [-0.05, 0) is 47.5 Å². The SMILES string of the molecule is O=C(O)c1ccc(OSOc2ccc(C(=O)O)c(C(=O)O)c2)cc1C(=O)O.c1ccc(-c2ccccc2)cc1. The van der Waals surface area contributed by atoms with Crippen molar-refractivity contribution in [3.8, 4) is 22.6 Å². The highest BCUT2D eigenvalue weighted by atomic mass is 32.2. The van der Waals surface area contributed by atoms with E-state index in [0.29, 0.717) is 12.3 Å². The first kappa shape index (κ1) is 28.3. The Morgan fingerprint density at radius 1 is 0.462 bits per heavy atom. The van der Waals surface area contributed by atoms with Crippen molar-refractivity contribution in [1.82, 2.24) is 0 Å². The van der Waals surface area contributed by atoms with Crippen molar-refractivity contribution >= 4 is 36.2 Å². The number of hydrogen-bond acceptors (Lipinski definition) is 7. The molecule has 4 N–H and O–H groups in total. The number of hydrogen-bond donors (Lipinski definition) is 4. The smallest absolute Gasteiger partial charge is 0.336 e. The Morgan fingerprint density at radius 3 is 1.10 bits per heavy atom. The number of aromatic carboxylic acids is 4. The van der Waals surface area contributed by atoms with Crippen LogP contribution in [0.25, 0.3) is 11.1 Å². The lowest BCUT2D eigenvalue weighted by Gasteiger charge is -2.08. The zero-order chi connectivity index (χ0) is 28.4. The molecule has 0 saturated heterocycles. The van der Waals surface area contributed by atoms with Crippen LogP contribution in [0.1, 0.15) is 41.4 Å². The molecule has 0 unspecified atom stereocenters. The fraction of sp³-hybridized carbons (Fsp3) is 0. The first-order chi connectivity index (χ1) is 18.7. The van der Waals surface area contributed by atoms with Crippen molar-refractivity contribution in [2.24, 2.45) is 0 Å². The normalized spacial score (nSPS) is 9.95. The molecule has 0 aliphatic carbocycles. The maximum atomic E-state index is 11.1. The van der Waals surface area contributed by atoms with Crippen LogP contribution in [0, 0.1) is 0 Å². The Bertz CT molecular complexity index is 1370. The topological polar surface area (TPSA) is 168 Å². The van der Waals surface area contributed by atoms with Crippen molar-refractivity contribution in [3.05, 3.63) is 119 Å². The van der Waals surface area contributed by atoms with Crippen molar-refractivity contribution in [3.63, 3.8) is 0 Å². The van der Waals surface area contributed by atoms with Gasteiger partial charge < -0.3 is 28.8 Å². The highest BCUT2D eigenvalue weighted by molar-refractivity contribution is 7.90. The summed E-state index contributed by atoms with van der Waals surface area (Å²) < 4.78 is 10.2. The summed E-state index contributed by atoms with van der Waals surface area (Å²) in [4.78, 5) is 44.2. The third-order valence-corrected chi connectivity index (χ3v) is 5.57. The fourth-order valence-electron chi connectivity index (χ4n) is 3.23. The summed E-state index contributed by atoms with van der Waals surface area (Å²) in [6.07, 6.45) is 0. The van der Waals surface area contributed by atoms with Crippen LogP contribution in [0.4, 0.5) is 0 Å². The minimum Gasteiger partial charge on any atom is -0.478 e. The van der Waals surface area contributed by atoms with Gasteiger partial charge in [-0.3, -0.25) is 0 Å². The van der Waals surface area contributed by atoms with Gasteiger partial charge in [-0.2, -0.15) is 0 Å². The van der Waals surface area contributed by atoms with E-state index in [-0.39, 0.29) is 11.5 Å². The first-order valence-corrected chi connectivity index (χ1v) is 11.7. The van der Waals surface area contributed by atoms with Crippen molar-refractivity contribution in [2.45, 2.75) is 0 Å². The van der Waals surface area contributed by atoms with E-state index in [2.05, 4.69) is 48.5 Å². The van der Waals surface area contributed by atoms with Gasteiger partial charge in [0, 0.05) is 0 Å². The average Bonchev–Trinajstić information content (AvgIpc) is 2.94. The number of benzene rings is 4. The summed E-state index contributed by atoms with van der Waals surface area (Å²) in [5.41, 5.74) is 0.739. The monoisotopic (exact) mass is 548 g/mol. The maximum absolute atomic E-state index is 11.1. The lowest BCUT2D eigenvalue weighted by Crippen LogP contribution is -2.08. The molecule has 0 amide bonds. The number of rotatable bonds is 9. The molecule has 39 heavy (non-hydrogen) atoms. The highest BCUT2D eigenvalue weighted by Gasteiger charge is 2.19. The number of carbonyl (C=O) groups is 4. The molecule has 0 aliphatic heterocycles. The molecule has 0 fully saturated rings. The van der Waals surface area contributed by atoms with Gasteiger partial charge in [-0.1, -0.05) is 60.7 Å². The van der Waals surface area contributed by atoms with Crippen LogP contribution >= 0.6 is 12.3 Å². The Balaban J connectivity index is 0.000000289. The summed E-state index contributed by atoms with van der Waals surface area (Å²) >= 11 is 0.348. The van der Waals surface area contributed by atoms with Crippen LogP contribution in [0.3, 0.4) is 0 Å². The van der Waals surface area contributed by atoms with E-state index in [1.165, 1.54) is 23.3 Å². The molecule has 4 aromatic rings. The predicted molar refractivity (Wildman–Crippen MR) is 141 cm³/mol. The Kier molecular flexibility index (Phi) is 9.65. The molecular formula is C28H20O10S. The van der Waals surface area contributed by atoms with E-state index in [9.17, 15) is 19.2 Å². The molecule has 10 nitrogen and oxygen atoms in total. The Labute approximate surface area is 226 Å². The first-order valence-electron chi connectivity index (χ1n) is 11.0. The second kappa shape index (κ2) is 13.3. The van der Waals surface area contributed by atoms with E-state index < -0.39 is 46.1 Å². The van der Waals surface area contributed by atoms with Crippen LogP contribution in [0.5, 0.6) is 11.5 Å². The van der Waals surface area contributed by atoms with Gasteiger partial charge in [0.05, 0.1) is 22.3 Å². The number of carboxylic acids is 4. The lowest BCUT2D eigenvalue weighted by atomic mass is 10.1. The van der Waals surface area contributed by atoms with Crippen LogP contribution in [-0.4, -0.2) is 44.3 Å². The quantitative estimate of drug-likeness (QED) is 0.185. The minimum atomic E-state index is -1.46. The summed E-state index contributed by atoms with van der Waals surface area (Å²) in [6.45, 7) is 0. The zero-order valence-corrected chi connectivity index (χ0v) is 20.7. The van der Waals surface area contributed by atoms with Gasteiger partial charge in [0.25, 0.3) is 12.3 Å². The van der Waals surface area contributed by atoms with Gasteiger partial charge in [-0.15, -0.1) is 0 Å². The average molecular weight is 549 g/mol. The fourth-order valence-corrected chi connectivity index (χ4v) is 3.63. The van der Waals surface area contributed by atoms with Crippen molar-refractivity contribution < 1.29 is 48.0 Å². The summed E-state index contributed by atoms with van der Waals surface area (Å²) in [5.74, 6) is -5.80. The van der Waals surface area contributed by atoms with E-state index in [0.717, 1.165) is 24.3 Å². The predicted octanol–water partition coefficient (Wildman–Crippen LogP) is 5.85. The van der Waals surface area contributed by atoms with Crippen LogP contribution in [0.2, 0.25) is 0 Å². The molecular weight excluding hydrogens is 528 g/mol. The molecule has 0 aliphatic rings. The van der Waals surface area contributed by atoms with E-state index >= 15 is 0 Å².